The first-order chi connectivity index (χ1) is 16.6. The van der Waals surface area contributed by atoms with Gasteiger partial charge in [-0.2, -0.15) is 0 Å². The van der Waals surface area contributed by atoms with Gasteiger partial charge in [-0.05, 0) is 75.1 Å². The summed E-state index contributed by atoms with van der Waals surface area (Å²) >= 11 is 0. The molecule has 1 aromatic heterocycles. The monoisotopic (exact) mass is 476 g/mol. The molecular formula is C30H40N2O3. The minimum absolute atomic E-state index is 0.115. The van der Waals surface area contributed by atoms with Crippen molar-refractivity contribution >= 4 is 11.9 Å². The summed E-state index contributed by atoms with van der Waals surface area (Å²) in [6, 6.07) is 3.14. The largest absolute Gasteiger partial charge is 0.460 e. The van der Waals surface area contributed by atoms with Crippen molar-refractivity contribution in [3.8, 4) is 0 Å². The summed E-state index contributed by atoms with van der Waals surface area (Å²) in [5.41, 5.74) is 5.58. The fourth-order valence-corrected chi connectivity index (χ4v) is 4.12. The summed E-state index contributed by atoms with van der Waals surface area (Å²) in [5.74, 6) is -0.658. The van der Waals surface area contributed by atoms with Crippen molar-refractivity contribution in [2.24, 2.45) is 5.41 Å². The average Bonchev–Trinajstić information content (AvgIpc) is 2.81. The van der Waals surface area contributed by atoms with Gasteiger partial charge in [-0.25, -0.2) is 4.79 Å². The van der Waals surface area contributed by atoms with E-state index in [1.807, 2.05) is 32.1 Å². The number of aromatic nitrogens is 1. The highest BCUT2D eigenvalue weighted by molar-refractivity contribution is 5.94. The van der Waals surface area contributed by atoms with E-state index >= 15 is 0 Å². The number of hydrogen-bond donors (Lipinski definition) is 1. The van der Waals surface area contributed by atoms with Gasteiger partial charge in [0.25, 0.3) is 5.91 Å². The SMILES string of the molecule is CCC(COC(=O)C=C(C)C=CC=C(C)C=CC1=C(C)CCCC1(C)C)NC(=O)c1cccnc1. The van der Waals surface area contributed by atoms with Crippen LogP contribution in [0.4, 0.5) is 0 Å². The molecule has 0 saturated heterocycles. The lowest BCUT2D eigenvalue weighted by Gasteiger charge is -2.32. The van der Waals surface area contributed by atoms with Crippen molar-refractivity contribution in [3.05, 3.63) is 88.8 Å². The number of nitrogens with zero attached hydrogens (tertiary/aromatic N) is 1. The zero-order valence-corrected chi connectivity index (χ0v) is 22.1. The Morgan fingerprint density at radius 2 is 2.00 bits per heavy atom. The van der Waals surface area contributed by atoms with Gasteiger partial charge in [0, 0.05) is 18.5 Å². The summed E-state index contributed by atoms with van der Waals surface area (Å²) in [6.45, 7) is 12.9. The lowest BCUT2D eigenvalue weighted by Crippen LogP contribution is -2.38. The molecule has 1 aromatic rings. The van der Waals surface area contributed by atoms with E-state index in [0.29, 0.717) is 12.0 Å². The Bertz CT molecular complexity index is 1030. The molecule has 0 bridgehead atoms. The summed E-state index contributed by atoms with van der Waals surface area (Å²) in [4.78, 5) is 28.4. The molecule has 0 spiro atoms. The smallest absolute Gasteiger partial charge is 0.331 e. The normalized spacial score (nSPS) is 17.7. The zero-order chi connectivity index (χ0) is 25.8. The van der Waals surface area contributed by atoms with Gasteiger partial charge in [-0.1, -0.05) is 62.3 Å². The minimum atomic E-state index is -0.427. The van der Waals surface area contributed by atoms with Crippen LogP contribution in [0.5, 0.6) is 0 Å². The first-order valence-electron chi connectivity index (χ1n) is 12.4. The molecule has 0 aliphatic heterocycles. The fraction of sp³-hybridized carbons (Fsp3) is 0.433. The third-order valence-corrected chi connectivity index (χ3v) is 6.30. The lowest BCUT2D eigenvalue weighted by molar-refractivity contribution is -0.138. The molecule has 1 aliphatic rings. The molecule has 0 fully saturated rings. The number of esters is 1. The van der Waals surface area contributed by atoms with E-state index in [1.54, 1.807) is 18.3 Å². The second-order valence-electron chi connectivity index (χ2n) is 9.87. The highest BCUT2D eigenvalue weighted by atomic mass is 16.5. The van der Waals surface area contributed by atoms with Crippen LogP contribution < -0.4 is 5.32 Å². The van der Waals surface area contributed by atoms with Crippen LogP contribution in [0.25, 0.3) is 0 Å². The van der Waals surface area contributed by atoms with Gasteiger partial charge in [-0.3, -0.25) is 9.78 Å². The number of hydrogen-bond acceptors (Lipinski definition) is 4. The van der Waals surface area contributed by atoms with E-state index in [4.69, 9.17) is 4.74 Å². The molecular weight excluding hydrogens is 436 g/mol. The van der Waals surface area contributed by atoms with Gasteiger partial charge in [0.15, 0.2) is 0 Å². The Kier molecular flexibility index (Phi) is 10.9. The van der Waals surface area contributed by atoms with Crippen LogP contribution >= 0.6 is 0 Å². The molecule has 1 amide bonds. The van der Waals surface area contributed by atoms with E-state index in [1.165, 1.54) is 42.7 Å². The maximum absolute atomic E-state index is 12.3. The van der Waals surface area contributed by atoms with Crippen LogP contribution in [0.1, 0.15) is 77.6 Å². The van der Waals surface area contributed by atoms with Crippen LogP contribution in [-0.4, -0.2) is 29.5 Å². The average molecular weight is 477 g/mol. The predicted octanol–water partition coefficient (Wildman–Crippen LogP) is 6.66. The maximum atomic E-state index is 12.3. The van der Waals surface area contributed by atoms with Gasteiger partial charge in [0.1, 0.15) is 6.61 Å². The van der Waals surface area contributed by atoms with Crippen LogP contribution in [0.2, 0.25) is 0 Å². The topological polar surface area (TPSA) is 68.3 Å². The highest BCUT2D eigenvalue weighted by Crippen LogP contribution is 2.40. The van der Waals surface area contributed by atoms with E-state index in [-0.39, 0.29) is 24.0 Å². The minimum Gasteiger partial charge on any atom is -0.460 e. The number of amides is 1. The third kappa shape index (κ3) is 9.51. The van der Waals surface area contributed by atoms with Crippen molar-refractivity contribution < 1.29 is 14.3 Å². The number of nitrogens with one attached hydrogen (secondary N) is 1. The van der Waals surface area contributed by atoms with Gasteiger partial charge < -0.3 is 10.1 Å². The molecule has 1 N–H and O–H groups in total. The van der Waals surface area contributed by atoms with Crippen molar-refractivity contribution in [2.75, 3.05) is 6.61 Å². The highest BCUT2D eigenvalue weighted by Gasteiger charge is 2.26. The quantitative estimate of drug-likeness (QED) is 0.233. The van der Waals surface area contributed by atoms with E-state index < -0.39 is 5.97 Å². The van der Waals surface area contributed by atoms with Gasteiger partial charge in [-0.15, -0.1) is 0 Å². The van der Waals surface area contributed by atoms with E-state index in [2.05, 4.69) is 50.1 Å². The Hall–Kier alpha value is -3.21. The fourth-order valence-electron chi connectivity index (χ4n) is 4.12. The number of carbonyl (C=O) groups excluding carboxylic acids is 2. The summed E-state index contributed by atoms with van der Waals surface area (Å²) < 4.78 is 5.35. The summed E-state index contributed by atoms with van der Waals surface area (Å²) in [6.07, 6.45) is 19.2. The first kappa shape index (κ1) is 28.0. The van der Waals surface area contributed by atoms with Gasteiger partial charge in [0.05, 0.1) is 11.6 Å². The number of carbonyl (C=O) groups is 2. The van der Waals surface area contributed by atoms with Crippen molar-refractivity contribution in [1.82, 2.24) is 10.3 Å². The predicted molar refractivity (Wildman–Crippen MR) is 143 cm³/mol. The molecule has 5 nitrogen and oxygen atoms in total. The third-order valence-electron chi connectivity index (χ3n) is 6.30. The molecule has 0 radical (unpaired) electrons. The standard InChI is InChI=1S/C30H40N2O3/c1-7-26(32-29(34)25-14-10-18-31-20-25)21-35-28(33)19-23(3)12-8-11-22(2)15-16-27-24(4)13-9-17-30(27,5)6/h8,10-12,14-16,18-20,26H,7,9,13,17,21H2,1-6H3,(H,32,34). The van der Waals surface area contributed by atoms with Crippen LogP contribution in [0.3, 0.4) is 0 Å². The maximum Gasteiger partial charge on any atom is 0.331 e. The first-order valence-corrected chi connectivity index (χ1v) is 12.4. The van der Waals surface area contributed by atoms with Crippen LogP contribution in [0, 0.1) is 5.41 Å². The Morgan fingerprint density at radius 3 is 2.66 bits per heavy atom. The Morgan fingerprint density at radius 1 is 1.23 bits per heavy atom. The van der Waals surface area contributed by atoms with Crippen molar-refractivity contribution in [2.45, 2.75) is 73.3 Å². The van der Waals surface area contributed by atoms with Crippen molar-refractivity contribution in [3.63, 3.8) is 0 Å². The molecule has 35 heavy (non-hydrogen) atoms. The van der Waals surface area contributed by atoms with Crippen LogP contribution in [0.15, 0.2) is 83.3 Å². The number of pyridine rings is 1. The van der Waals surface area contributed by atoms with Crippen LogP contribution in [-0.2, 0) is 9.53 Å². The number of allylic oxidation sites excluding steroid dienone is 9. The molecule has 0 saturated carbocycles. The second-order valence-corrected chi connectivity index (χ2v) is 9.87. The molecule has 1 unspecified atom stereocenters. The molecule has 1 heterocycles. The number of rotatable bonds is 10. The molecule has 188 valence electrons. The zero-order valence-electron chi connectivity index (χ0n) is 22.1. The van der Waals surface area contributed by atoms with E-state index in [0.717, 1.165) is 11.1 Å². The number of ether oxygens (including phenoxy) is 1. The molecule has 5 heteroatoms. The van der Waals surface area contributed by atoms with E-state index in [9.17, 15) is 9.59 Å². The second kappa shape index (κ2) is 13.6. The Labute approximate surface area is 210 Å². The summed E-state index contributed by atoms with van der Waals surface area (Å²) in [7, 11) is 0. The molecule has 1 atom stereocenters. The van der Waals surface area contributed by atoms with Crippen molar-refractivity contribution in [1.29, 1.82) is 0 Å². The Balaban J connectivity index is 1.86. The molecule has 0 aromatic carbocycles. The molecule has 2 rings (SSSR count). The van der Waals surface area contributed by atoms with Gasteiger partial charge in [0.2, 0.25) is 0 Å². The van der Waals surface area contributed by atoms with Gasteiger partial charge >= 0.3 is 5.97 Å². The molecule has 1 aliphatic carbocycles. The summed E-state index contributed by atoms with van der Waals surface area (Å²) in [5, 5.41) is 2.87. The lowest BCUT2D eigenvalue weighted by atomic mass is 9.72.